The van der Waals surface area contributed by atoms with Crippen LogP contribution >= 0.6 is 22.9 Å². The Morgan fingerprint density at radius 1 is 1.28 bits per heavy atom. The summed E-state index contributed by atoms with van der Waals surface area (Å²) >= 11 is 6.80. The van der Waals surface area contributed by atoms with Crippen LogP contribution in [0.25, 0.3) is 10.2 Å². The van der Waals surface area contributed by atoms with Gasteiger partial charge in [-0.2, -0.15) is 4.99 Å². The Labute approximate surface area is 150 Å². The highest BCUT2D eigenvalue weighted by Gasteiger charge is 2.20. The molecule has 0 spiro atoms. The zero-order valence-corrected chi connectivity index (χ0v) is 14.5. The van der Waals surface area contributed by atoms with Gasteiger partial charge >= 0.3 is 5.97 Å². The third-order valence-electron chi connectivity index (χ3n) is 3.62. The van der Waals surface area contributed by atoms with Gasteiger partial charge in [-0.15, -0.1) is 0 Å². The predicted octanol–water partition coefficient (Wildman–Crippen LogP) is 3.88. The summed E-state index contributed by atoms with van der Waals surface area (Å²) in [5.41, 5.74) is 0.637. The number of hydrogen-bond acceptors (Lipinski definition) is 3. The Morgan fingerprint density at radius 3 is 2.68 bits per heavy atom. The summed E-state index contributed by atoms with van der Waals surface area (Å²) in [4.78, 5) is 27.9. The number of fused-ring (bicyclic) bond motifs is 1. The number of hydrogen-bond donors (Lipinski definition) is 1. The molecule has 0 aliphatic rings. The first-order valence-corrected chi connectivity index (χ1v) is 8.45. The standard InChI is InChI=1S/C17H12ClFN2O3S/c1-9(16(23)24)21-13-7-3-6-12(19)14(13)25-17(21)20-15(22)10-4-2-5-11(18)8-10/h2-9H,1H3,(H,23,24)/b20-17-. The van der Waals surface area contributed by atoms with Crippen LogP contribution in [0.1, 0.15) is 23.3 Å². The molecule has 1 N–H and O–H groups in total. The first-order chi connectivity index (χ1) is 11.9. The van der Waals surface area contributed by atoms with Crippen molar-refractivity contribution in [3.63, 3.8) is 0 Å². The molecule has 3 rings (SSSR count). The van der Waals surface area contributed by atoms with Gasteiger partial charge in [0.05, 0.1) is 10.2 Å². The normalized spacial score (nSPS) is 13.2. The summed E-state index contributed by atoms with van der Waals surface area (Å²) in [5.74, 6) is -2.19. The third-order valence-corrected chi connectivity index (χ3v) is 4.93. The zero-order valence-electron chi connectivity index (χ0n) is 12.9. The monoisotopic (exact) mass is 378 g/mol. The van der Waals surface area contributed by atoms with E-state index in [-0.39, 0.29) is 15.1 Å². The lowest BCUT2D eigenvalue weighted by atomic mass is 10.2. The summed E-state index contributed by atoms with van der Waals surface area (Å²) in [7, 11) is 0. The van der Waals surface area contributed by atoms with Gasteiger partial charge in [0.2, 0.25) is 0 Å². The summed E-state index contributed by atoms with van der Waals surface area (Å²) in [6.45, 7) is 1.45. The molecule has 5 nitrogen and oxygen atoms in total. The van der Waals surface area contributed by atoms with Crippen LogP contribution in [0.4, 0.5) is 4.39 Å². The molecule has 0 radical (unpaired) electrons. The highest BCUT2D eigenvalue weighted by atomic mass is 35.5. The van der Waals surface area contributed by atoms with Gasteiger partial charge < -0.3 is 9.67 Å². The van der Waals surface area contributed by atoms with E-state index in [1.807, 2.05) is 0 Å². The van der Waals surface area contributed by atoms with Gasteiger partial charge in [0.15, 0.2) is 4.80 Å². The SMILES string of the molecule is CC(C(=O)O)n1/c(=N/C(=O)c2cccc(Cl)c2)sc2c(F)cccc21. The molecule has 25 heavy (non-hydrogen) atoms. The van der Waals surface area contributed by atoms with Crippen LogP contribution in [-0.4, -0.2) is 21.6 Å². The summed E-state index contributed by atoms with van der Waals surface area (Å²) in [6.07, 6.45) is 0. The maximum Gasteiger partial charge on any atom is 0.326 e. The molecule has 8 heteroatoms. The fourth-order valence-electron chi connectivity index (χ4n) is 2.37. The summed E-state index contributed by atoms with van der Waals surface area (Å²) < 4.78 is 15.6. The minimum absolute atomic E-state index is 0.111. The van der Waals surface area contributed by atoms with Crippen LogP contribution < -0.4 is 4.80 Å². The molecule has 1 amide bonds. The van der Waals surface area contributed by atoms with Gasteiger partial charge in [0.25, 0.3) is 5.91 Å². The number of carbonyl (C=O) groups excluding carboxylic acids is 1. The van der Waals surface area contributed by atoms with Crippen molar-refractivity contribution >= 4 is 45.0 Å². The molecule has 128 valence electrons. The number of carboxylic acids is 1. The van der Waals surface area contributed by atoms with E-state index in [1.165, 1.54) is 29.7 Å². The third kappa shape index (κ3) is 3.33. The minimum atomic E-state index is -1.11. The van der Waals surface area contributed by atoms with Gasteiger partial charge in [-0.05, 0) is 37.3 Å². The van der Waals surface area contributed by atoms with E-state index in [0.29, 0.717) is 10.5 Å². The highest BCUT2D eigenvalue weighted by molar-refractivity contribution is 7.16. The first-order valence-electron chi connectivity index (χ1n) is 7.25. The molecular weight excluding hydrogens is 367 g/mol. The van der Waals surface area contributed by atoms with Gasteiger partial charge in [-0.1, -0.05) is 35.1 Å². The fraction of sp³-hybridized carbons (Fsp3) is 0.118. The molecule has 0 aliphatic carbocycles. The van der Waals surface area contributed by atoms with E-state index in [0.717, 1.165) is 11.3 Å². The van der Waals surface area contributed by atoms with Gasteiger partial charge in [-0.25, -0.2) is 9.18 Å². The summed E-state index contributed by atoms with van der Waals surface area (Å²) in [6, 6.07) is 9.60. The number of rotatable bonds is 3. The van der Waals surface area contributed by atoms with Gasteiger partial charge in [0.1, 0.15) is 11.9 Å². The topological polar surface area (TPSA) is 71.7 Å². The highest BCUT2D eigenvalue weighted by Crippen LogP contribution is 2.24. The average Bonchev–Trinajstić information content (AvgIpc) is 2.93. The molecule has 1 unspecified atom stereocenters. The molecule has 0 saturated carbocycles. The Kier molecular flexibility index (Phi) is 4.69. The molecule has 1 heterocycles. The van der Waals surface area contributed by atoms with Crippen molar-refractivity contribution < 1.29 is 19.1 Å². The van der Waals surface area contributed by atoms with Gasteiger partial charge in [-0.3, -0.25) is 4.79 Å². The van der Waals surface area contributed by atoms with Crippen LogP contribution in [0.2, 0.25) is 5.02 Å². The zero-order chi connectivity index (χ0) is 18.1. The number of nitrogens with zero attached hydrogens (tertiary/aromatic N) is 2. The molecule has 1 aromatic heterocycles. The predicted molar refractivity (Wildman–Crippen MR) is 93.5 cm³/mol. The van der Waals surface area contributed by atoms with Crippen LogP contribution in [0.5, 0.6) is 0 Å². The van der Waals surface area contributed by atoms with E-state index < -0.39 is 23.7 Å². The Balaban J connectivity index is 2.24. The largest absolute Gasteiger partial charge is 0.480 e. The van der Waals surface area contributed by atoms with Crippen molar-refractivity contribution in [1.82, 2.24) is 4.57 Å². The molecule has 3 aromatic rings. The number of carboxylic acid groups (broad SMARTS) is 1. The number of halogens is 2. The van der Waals surface area contributed by atoms with E-state index in [2.05, 4.69) is 4.99 Å². The lowest BCUT2D eigenvalue weighted by molar-refractivity contribution is -0.140. The molecule has 0 aliphatic heterocycles. The Morgan fingerprint density at radius 2 is 2.00 bits per heavy atom. The fourth-order valence-corrected chi connectivity index (χ4v) is 3.66. The van der Waals surface area contributed by atoms with Crippen LogP contribution in [0.3, 0.4) is 0 Å². The molecule has 2 aromatic carbocycles. The number of aromatic nitrogens is 1. The molecular formula is C17H12ClFN2O3S. The quantitative estimate of drug-likeness (QED) is 0.751. The van der Waals surface area contributed by atoms with Crippen molar-refractivity contribution in [2.75, 3.05) is 0 Å². The van der Waals surface area contributed by atoms with Crippen LogP contribution in [0, 0.1) is 5.82 Å². The van der Waals surface area contributed by atoms with Crippen molar-refractivity contribution in [3.05, 3.63) is 63.7 Å². The second kappa shape index (κ2) is 6.78. The number of aliphatic carboxylic acids is 1. The summed E-state index contributed by atoms with van der Waals surface area (Å²) in [5, 5.41) is 9.73. The average molecular weight is 379 g/mol. The number of amides is 1. The maximum absolute atomic E-state index is 14.1. The smallest absolute Gasteiger partial charge is 0.326 e. The van der Waals surface area contributed by atoms with Crippen molar-refractivity contribution in [1.29, 1.82) is 0 Å². The molecule has 0 fully saturated rings. The molecule has 0 bridgehead atoms. The lowest BCUT2D eigenvalue weighted by Crippen LogP contribution is -2.25. The maximum atomic E-state index is 14.1. The molecule has 0 saturated heterocycles. The first kappa shape index (κ1) is 17.3. The van der Waals surface area contributed by atoms with E-state index >= 15 is 0 Å². The van der Waals surface area contributed by atoms with E-state index in [4.69, 9.17) is 11.6 Å². The van der Waals surface area contributed by atoms with Crippen LogP contribution in [0.15, 0.2) is 47.5 Å². The van der Waals surface area contributed by atoms with Crippen molar-refractivity contribution in [3.8, 4) is 0 Å². The number of carbonyl (C=O) groups is 2. The van der Waals surface area contributed by atoms with E-state index in [1.54, 1.807) is 24.3 Å². The molecule has 1 atom stereocenters. The minimum Gasteiger partial charge on any atom is -0.480 e. The second-order valence-corrected chi connectivity index (χ2v) is 6.70. The van der Waals surface area contributed by atoms with Crippen molar-refractivity contribution in [2.45, 2.75) is 13.0 Å². The lowest BCUT2D eigenvalue weighted by Gasteiger charge is -2.09. The number of benzene rings is 2. The Bertz CT molecular complexity index is 1060. The number of thiazole rings is 1. The Hall–Kier alpha value is -2.51. The van der Waals surface area contributed by atoms with Crippen LogP contribution in [-0.2, 0) is 4.79 Å². The van der Waals surface area contributed by atoms with E-state index in [9.17, 15) is 19.1 Å². The second-order valence-electron chi connectivity index (χ2n) is 5.28. The van der Waals surface area contributed by atoms with Gasteiger partial charge in [0, 0.05) is 10.6 Å². The van der Waals surface area contributed by atoms with Crippen molar-refractivity contribution in [2.24, 2.45) is 4.99 Å².